The number of carbonyl (C=O) groups is 4. The van der Waals surface area contributed by atoms with E-state index in [9.17, 15) is 34.4 Å². The largest absolute Gasteiger partial charge is 0.507 e. The van der Waals surface area contributed by atoms with E-state index >= 15 is 0 Å². The van der Waals surface area contributed by atoms with Gasteiger partial charge >= 0.3 is 8.60 Å². The Morgan fingerprint density at radius 1 is 0.565 bits per heavy atom. The highest BCUT2D eigenvalue weighted by atomic mass is 31.2. The summed E-state index contributed by atoms with van der Waals surface area (Å²) in [5, 5.41) is 21.2. The van der Waals surface area contributed by atoms with E-state index in [1.54, 1.807) is 48.5 Å². The first-order valence-corrected chi connectivity index (χ1v) is 20.1. The minimum Gasteiger partial charge on any atom is -0.507 e. The van der Waals surface area contributed by atoms with E-state index in [0.717, 1.165) is 6.07 Å². The monoisotopic (exact) mass is 891 g/mol. The molecule has 0 radical (unpaired) electrons. The van der Waals surface area contributed by atoms with E-state index in [1.165, 1.54) is 92.5 Å². The van der Waals surface area contributed by atoms with E-state index in [2.05, 4.69) is 0 Å². The lowest BCUT2D eigenvalue weighted by molar-refractivity contribution is -0.385. The third-order valence-electron chi connectivity index (χ3n) is 8.53. The summed E-state index contributed by atoms with van der Waals surface area (Å²) >= 11 is 0. The van der Waals surface area contributed by atoms with Crippen molar-refractivity contribution in [1.82, 2.24) is 0 Å². The molecule has 19 heteroatoms. The number of nitro benzene ring substituents is 1. The molecule has 5 rings (SSSR count). The standard InChI is InChI=1S/C25H24NO10P.C18H19O6P/c1-15(27)21-9-7-19(32-3)12-24(21)35-37(34-14-17-5-6-18(26(30)31)11-23(17)29)36-25-13-20(33-4)8-10-22(25)16(2)28;1-11(19)15-7-5-13(21-3)9-17(15)23-25-24-18-10-14(22-4)6-8-16(18)12(2)20/h5-13,29H,14H2,1-4H3;5-10,25H,1-4H3. The predicted octanol–water partition coefficient (Wildman–Crippen LogP) is 9.70. The minimum absolute atomic E-state index is 0.109. The fraction of sp³-hybridized carbons (Fsp3) is 0.209. The Hall–Kier alpha value is -6.80. The number of ketones is 4. The maximum absolute atomic E-state index is 12.2. The van der Waals surface area contributed by atoms with Crippen LogP contribution in [0.3, 0.4) is 0 Å². The number of nitro groups is 1. The van der Waals surface area contributed by atoms with Crippen molar-refractivity contribution in [2.45, 2.75) is 34.3 Å². The lowest BCUT2D eigenvalue weighted by atomic mass is 10.1. The summed E-state index contributed by atoms with van der Waals surface area (Å²) in [7, 11) is 3.16. The van der Waals surface area contributed by atoms with Gasteiger partial charge in [-0.3, -0.25) is 33.8 Å². The number of carbonyl (C=O) groups excluding carboxylic acids is 4. The summed E-state index contributed by atoms with van der Waals surface area (Å²) in [6.07, 6.45) is 0. The highest BCUT2D eigenvalue weighted by Gasteiger charge is 2.25. The first-order valence-electron chi connectivity index (χ1n) is 18.2. The van der Waals surface area contributed by atoms with Crippen molar-refractivity contribution in [2.75, 3.05) is 28.4 Å². The van der Waals surface area contributed by atoms with Crippen LogP contribution < -0.4 is 37.0 Å². The van der Waals surface area contributed by atoms with Crippen LogP contribution in [0.15, 0.2) is 91.0 Å². The number of ether oxygens (including phenoxy) is 4. The minimum atomic E-state index is -2.35. The van der Waals surface area contributed by atoms with Gasteiger partial charge in [-0.25, -0.2) is 0 Å². The summed E-state index contributed by atoms with van der Waals surface area (Å²) in [4.78, 5) is 58.1. The Balaban J connectivity index is 0.000000294. The summed E-state index contributed by atoms with van der Waals surface area (Å²) in [6.45, 7) is 5.37. The number of hydrogen-bond acceptors (Lipinski definition) is 16. The molecule has 0 heterocycles. The van der Waals surface area contributed by atoms with Gasteiger partial charge in [-0.1, -0.05) is 0 Å². The van der Waals surface area contributed by atoms with Gasteiger partial charge in [0.25, 0.3) is 14.7 Å². The molecule has 0 unspecified atom stereocenters. The number of Topliss-reactive ketones (excluding diaryl/α,β-unsaturated/α-hetero) is 4. The average Bonchev–Trinajstić information content (AvgIpc) is 3.25. The Morgan fingerprint density at radius 3 is 1.24 bits per heavy atom. The second kappa shape index (κ2) is 22.7. The Morgan fingerprint density at radius 2 is 0.919 bits per heavy atom. The SMILES string of the molecule is COc1ccc(C(C)=O)c(OP(OCc2ccc([N+](=O)[O-])cc2O)Oc2cc(OC)ccc2C(C)=O)c1.COc1ccc(C(C)=O)c(OPOc2cc(OC)ccc2C(C)=O)c1. The van der Waals surface area contributed by atoms with Crippen LogP contribution in [0.5, 0.6) is 51.7 Å². The normalized spacial score (nSPS) is 10.4. The molecule has 0 saturated carbocycles. The molecule has 0 amide bonds. The maximum Gasteiger partial charge on any atom is 0.463 e. The smallest absolute Gasteiger partial charge is 0.463 e. The summed E-state index contributed by atoms with van der Waals surface area (Å²) < 4.78 is 49.7. The van der Waals surface area contributed by atoms with Gasteiger partial charge in [-0.15, -0.1) is 0 Å². The Labute approximate surface area is 359 Å². The van der Waals surface area contributed by atoms with E-state index in [0.29, 0.717) is 45.6 Å². The highest BCUT2D eigenvalue weighted by Crippen LogP contribution is 2.46. The first kappa shape index (κ1) is 47.9. The molecule has 5 aromatic rings. The molecule has 0 atom stereocenters. The van der Waals surface area contributed by atoms with Crippen LogP contribution in [-0.2, 0) is 11.1 Å². The third kappa shape index (κ3) is 13.1. The number of benzene rings is 5. The highest BCUT2D eigenvalue weighted by molar-refractivity contribution is 7.42. The predicted molar refractivity (Wildman–Crippen MR) is 229 cm³/mol. The second-order valence-corrected chi connectivity index (χ2v) is 14.4. The van der Waals surface area contributed by atoms with Crippen LogP contribution >= 0.6 is 17.6 Å². The Bertz CT molecular complexity index is 2310. The third-order valence-corrected chi connectivity index (χ3v) is 10.2. The van der Waals surface area contributed by atoms with Gasteiger partial charge in [0.2, 0.25) is 0 Å². The molecule has 0 aliphatic heterocycles. The molecule has 62 heavy (non-hydrogen) atoms. The van der Waals surface area contributed by atoms with E-state index in [4.69, 9.17) is 41.6 Å². The van der Waals surface area contributed by atoms with Crippen molar-refractivity contribution in [3.05, 3.63) is 129 Å². The van der Waals surface area contributed by atoms with Gasteiger partial charge in [0.15, 0.2) is 23.1 Å². The molecule has 0 aromatic heterocycles. The molecular weight excluding hydrogens is 848 g/mol. The lowest BCUT2D eigenvalue weighted by Crippen LogP contribution is -2.06. The molecule has 0 saturated heterocycles. The van der Waals surface area contributed by atoms with Gasteiger partial charge in [0.1, 0.15) is 51.7 Å². The number of hydrogen-bond donors (Lipinski definition) is 1. The Kier molecular flexibility index (Phi) is 17.5. The van der Waals surface area contributed by atoms with Crippen LogP contribution in [0.2, 0.25) is 0 Å². The number of phenolic OH excluding ortho intramolecular Hbond substituents is 1. The zero-order chi connectivity index (χ0) is 45.5. The molecule has 326 valence electrons. The number of nitrogens with zero attached hydrogens (tertiary/aromatic N) is 1. The van der Waals surface area contributed by atoms with E-state index in [-0.39, 0.29) is 69.4 Å². The molecule has 0 spiro atoms. The van der Waals surface area contributed by atoms with Crippen LogP contribution in [-0.4, -0.2) is 61.6 Å². The average molecular weight is 892 g/mol. The summed E-state index contributed by atoms with van der Waals surface area (Å²) in [5.74, 6) is 1.69. The molecule has 0 bridgehead atoms. The van der Waals surface area contributed by atoms with Crippen LogP contribution in [0.25, 0.3) is 0 Å². The summed E-state index contributed by atoms with van der Waals surface area (Å²) in [5.41, 5.74) is 1.25. The number of aromatic hydroxyl groups is 1. The van der Waals surface area contributed by atoms with Gasteiger partial charge in [0, 0.05) is 35.9 Å². The number of methoxy groups -OCH3 is 4. The van der Waals surface area contributed by atoms with Crippen molar-refractivity contribution in [1.29, 1.82) is 0 Å². The molecule has 1 N–H and O–H groups in total. The van der Waals surface area contributed by atoms with E-state index in [1.807, 2.05) is 0 Å². The van der Waals surface area contributed by atoms with Crippen molar-refractivity contribution in [2.24, 2.45) is 0 Å². The van der Waals surface area contributed by atoms with Crippen LogP contribution in [0.1, 0.15) is 74.7 Å². The maximum atomic E-state index is 12.2. The zero-order valence-corrected chi connectivity index (χ0v) is 36.7. The first-order chi connectivity index (χ1) is 29.6. The van der Waals surface area contributed by atoms with E-state index < -0.39 is 22.6 Å². The molecule has 0 fully saturated rings. The molecule has 17 nitrogen and oxygen atoms in total. The van der Waals surface area contributed by atoms with Crippen molar-refractivity contribution in [3.8, 4) is 51.7 Å². The topological polar surface area (TPSA) is 215 Å². The second-order valence-electron chi connectivity index (χ2n) is 12.7. The van der Waals surface area contributed by atoms with Crippen LogP contribution in [0, 0.1) is 10.1 Å². The molecule has 0 aliphatic rings. The van der Waals surface area contributed by atoms with Crippen molar-refractivity contribution < 1.29 is 70.8 Å². The molecule has 0 aliphatic carbocycles. The fourth-order valence-electron chi connectivity index (χ4n) is 5.25. The quantitative estimate of drug-likeness (QED) is 0.0333. The fourth-order valence-corrected chi connectivity index (χ4v) is 6.82. The molecule has 5 aromatic carbocycles. The summed E-state index contributed by atoms with van der Waals surface area (Å²) in [6, 6.07) is 22.6. The number of non-ortho nitro benzene ring substituents is 1. The van der Waals surface area contributed by atoms with Gasteiger partial charge in [-0.2, -0.15) is 0 Å². The van der Waals surface area contributed by atoms with Gasteiger partial charge in [-0.05, 0) is 82.3 Å². The lowest BCUT2D eigenvalue weighted by Gasteiger charge is -2.21. The molecular formula is C43H43NO16P2. The van der Waals surface area contributed by atoms with Gasteiger partial charge in [0.05, 0.1) is 68.3 Å². The van der Waals surface area contributed by atoms with Crippen LogP contribution in [0.4, 0.5) is 5.69 Å². The van der Waals surface area contributed by atoms with Crippen molar-refractivity contribution >= 4 is 46.5 Å². The van der Waals surface area contributed by atoms with Crippen molar-refractivity contribution in [3.63, 3.8) is 0 Å². The van der Waals surface area contributed by atoms with Gasteiger partial charge < -0.3 is 42.1 Å². The number of phenols is 1. The zero-order valence-electron chi connectivity index (χ0n) is 34.8. The number of rotatable bonds is 20.